The lowest BCUT2D eigenvalue weighted by Gasteiger charge is -2.34. The van der Waals surface area contributed by atoms with Crippen LogP contribution in [0.3, 0.4) is 0 Å². The van der Waals surface area contributed by atoms with Crippen molar-refractivity contribution in [1.82, 2.24) is 24.6 Å². The number of quaternary nitrogens is 1. The maximum absolute atomic E-state index is 7.17. The average molecular weight is 266 g/mol. The summed E-state index contributed by atoms with van der Waals surface area (Å²) in [5.41, 5.74) is 0. The quantitative estimate of drug-likeness (QED) is 0.300. The summed E-state index contributed by atoms with van der Waals surface area (Å²) < 4.78 is 19.1. The van der Waals surface area contributed by atoms with E-state index >= 15 is 0 Å². The fourth-order valence-corrected chi connectivity index (χ4v) is 0.577. The Labute approximate surface area is 102 Å². The summed E-state index contributed by atoms with van der Waals surface area (Å²) in [6.45, 7) is -1.94. The lowest BCUT2D eigenvalue weighted by Crippen LogP contribution is -2.45. The predicted octanol–water partition coefficient (Wildman–Crippen LogP) is -1.18. The van der Waals surface area contributed by atoms with E-state index in [0.717, 1.165) is 0 Å². The predicted molar refractivity (Wildman–Crippen MR) is 67.3 cm³/mol. The molecule has 0 bridgehead atoms. The maximum Gasteiger partial charge on any atom is 0.631 e. The Morgan fingerprint density at radius 2 is 0.824 bits per heavy atom. The van der Waals surface area contributed by atoms with Gasteiger partial charge < -0.3 is 58.3 Å². The lowest BCUT2D eigenvalue weighted by atomic mass is 10.1. The van der Waals surface area contributed by atoms with E-state index in [-0.39, 0.29) is 24.6 Å². The second kappa shape index (κ2) is 21.0. The molecule has 16 N–H and O–H groups in total. The van der Waals surface area contributed by atoms with Crippen molar-refractivity contribution in [3.05, 3.63) is 0 Å². The van der Waals surface area contributed by atoms with Crippen molar-refractivity contribution in [2.24, 2.45) is 0 Å². The van der Waals surface area contributed by atoms with Gasteiger partial charge in [0.2, 0.25) is 0 Å². The highest BCUT2D eigenvalue weighted by molar-refractivity contribution is 6.53. The van der Waals surface area contributed by atoms with E-state index in [1.54, 1.807) is 0 Å². The van der Waals surface area contributed by atoms with Crippen molar-refractivity contribution in [3.63, 3.8) is 0 Å². The van der Waals surface area contributed by atoms with Crippen LogP contribution in [0.4, 0.5) is 0 Å². The lowest BCUT2D eigenvalue weighted by molar-refractivity contribution is 0.0226. The molecule has 0 aromatic rings. The molecule has 0 amide bonds. The first-order chi connectivity index (χ1) is 5.97. The Kier molecular flexibility index (Phi) is 44.5. The second-order valence-electron chi connectivity index (χ2n) is 1.87. The molecule has 0 fully saturated rings. The molecular formula is C4H28B2N4O7. The number of hydrogen-bond donors (Lipinski definition) is 7. The summed E-state index contributed by atoms with van der Waals surface area (Å²) in [6, 6.07) is 0. The van der Waals surface area contributed by atoms with E-state index in [2.05, 4.69) is 0 Å². The minimum Gasteiger partial charge on any atom is -0.521 e. The topological polar surface area (TPSA) is 239 Å². The summed E-state index contributed by atoms with van der Waals surface area (Å²) >= 11 is 0. The van der Waals surface area contributed by atoms with E-state index in [0.29, 0.717) is 0 Å². The molecule has 0 rings (SSSR count). The van der Waals surface area contributed by atoms with Crippen LogP contribution in [-0.2, 0) is 18.6 Å². The molecular weight excluding hydrogens is 238 g/mol. The van der Waals surface area contributed by atoms with Crippen LogP contribution in [0.2, 0.25) is 0 Å². The van der Waals surface area contributed by atoms with Gasteiger partial charge in [0, 0.05) is 0 Å². The van der Waals surface area contributed by atoms with E-state index < -0.39 is 14.3 Å². The van der Waals surface area contributed by atoms with Crippen LogP contribution >= 0.6 is 0 Å². The SMILES string of the molecule is CO[B-](OC)(OC)OC.N.N.N.OB(O)O.[NH4+]. The molecule has 0 aromatic heterocycles. The Balaban J connectivity index is -0.0000000338. The summed E-state index contributed by atoms with van der Waals surface area (Å²) in [4.78, 5) is 0. The Morgan fingerprint density at radius 1 is 0.706 bits per heavy atom. The van der Waals surface area contributed by atoms with E-state index in [1.165, 1.54) is 28.4 Å². The normalized spacial score (nSPS) is 7.94. The highest BCUT2D eigenvalue weighted by Crippen LogP contribution is 2.04. The van der Waals surface area contributed by atoms with Gasteiger partial charge in [-0.15, -0.1) is 0 Å². The average Bonchev–Trinajstić information content (AvgIpc) is 2.09. The van der Waals surface area contributed by atoms with Crippen molar-refractivity contribution in [3.8, 4) is 0 Å². The molecule has 11 nitrogen and oxygen atoms in total. The zero-order chi connectivity index (χ0) is 10.9. The Morgan fingerprint density at radius 3 is 0.824 bits per heavy atom. The summed E-state index contributed by atoms with van der Waals surface area (Å²) in [5.74, 6) is 0. The molecule has 0 saturated heterocycles. The van der Waals surface area contributed by atoms with Crippen molar-refractivity contribution in [2.45, 2.75) is 0 Å². The standard InChI is InChI=1S/C4H12BO4.BH3O3.4H3N/c1-6-5(7-2,8-3)9-4;2-1(3)4;;;;/h1-4H3;2-4H;4*1H3/q-1;;;;;/p+1. The minimum atomic E-state index is -2.17. The molecule has 17 heavy (non-hydrogen) atoms. The smallest absolute Gasteiger partial charge is 0.521 e. The van der Waals surface area contributed by atoms with Gasteiger partial charge in [-0.05, 0) is 28.4 Å². The summed E-state index contributed by atoms with van der Waals surface area (Å²) in [6.07, 6.45) is 0. The highest BCUT2D eigenvalue weighted by Gasteiger charge is 2.25. The van der Waals surface area contributed by atoms with Gasteiger partial charge in [0.15, 0.2) is 0 Å². The molecule has 0 aromatic carbocycles. The van der Waals surface area contributed by atoms with Crippen LogP contribution in [-0.4, -0.2) is 57.8 Å². The molecule has 0 spiro atoms. The van der Waals surface area contributed by atoms with Gasteiger partial charge in [-0.2, -0.15) is 0 Å². The Hall–Kier alpha value is -0.310. The number of hydrogen-bond acceptors (Lipinski definition) is 10. The fraction of sp³-hybridized carbons (Fsp3) is 1.00. The van der Waals surface area contributed by atoms with Gasteiger partial charge in [-0.25, -0.2) is 0 Å². The van der Waals surface area contributed by atoms with Crippen LogP contribution in [0.1, 0.15) is 0 Å². The minimum absolute atomic E-state index is 0. The van der Waals surface area contributed by atoms with Crippen LogP contribution in [0.15, 0.2) is 0 Å². The third-order valence-electron chi connectivity index (χ3n) is 1.15. The van der Waals surface area contributed by atoms with Crippen molar-refractivity contribution < 1.29 is 33.7 Å². The van der Waals surface area contributed by atoms with Gasteiger partial charge in [-0.3, -0.25) is 0 Å². The van der Waals surface area contributed by atoms with Crippen molar-refractivity contribution in [2.75, 3.05) is 28.4 Å². The molecule has 0 heterocycles. The van der Waals surface area contributed by atoms with E-state index in [1.807, 2.05) is 0 Å². The molecule has 0 aliphatic carbocycles. The zero-order valence-electron chi connectivity index (χ0n) is 11.3. The van der Waals surface area contributed by atoms with Crippen LogP contribution in [0.25, 0.3) is 0 Å². The maximum atomic E-state index is 7.17. The van der Waals surface area contributed by atoms with Crippen molar-refractivity contribution >= 4 is 14.3 Å². The first-order valence-corrected chi connectivity index (χ1v) is 3.35. The fourth-order valence-electron chi connectivity index (χ4n) is 0.577. The van der Waals surface area contributed by atoms with Gasteiger partial charge in [0.1, 0.15) is 0 Å². The summed E-state index contributed by atoms with van der Waals surface area (Å²) in [5, 5.41) is 21.5. The largest absolute Gasteiger partial charge is 0.631 e. The first-order valence-electron chi connectivity index (χ1n) is 3.35. The molecule has 0 aliphatic rings. The van der Waals surface area contributed by atoms with Gasteiger partial charge in [0.05, 0.1) is 0 Å². The highest BCUT2D eigenvalue weighted by atomic mass is 16.9. The molecule has 112 valence electrons. The molecule has 0 saturated carbocycles. The van der Waals surface area contributed by atoms with Gasteiger partial charge in [-0.1, -0.05) is 0 Å². The summed E-state index contributed by atoms with van der Waals surface area (Å²) in [7, 11) is 3.65. The third-order valence-corrected chi connectivity index (χ3v) is 1.15. The van der Waals surface area contributed by atoms with Crippen LogP contribution in [0, 0.1) is 0 Å². The molecule has 0 unspecified atom stereocenters. The second-order valence-corrected chi connectivity index (χ2v) is 1.87. The molecule has 0 aliphatic heterocycles. The molecule has 0 radical (unpaired) electrons. The first kappa shape index (κ1) is 36.0. The van der Waals surface area contributed by atoms with Gasteiger partial charge >= 0.3 is 14.3 Å². The third kappa shape index (κ3) is 21.5. The monoisotopic (exact) mass is 266 g/mol. The van der Waals surface area contributed by atoms with Crippen molar-refractivity contribution in [1.29, 1.82) is 0 Å². The van der Waals surface area contributed by atoms with Crippen LogP contribution < -0.4 is 24.6 Å². The van der Waals surface area contributed by atoms with E-state index in [9.17, 15) is 0 Å². The molecule has 0 atom stereocenters. The Bertz CT molecular complexity index is 99.8. The van der Waals surface area contributed by atoms with E-state index in [4.69, 9.17) is 33.7 Å². The van der Waals surface area contributed by atoms with Crippen LogP contribution in [0.5, 0.6) is 0 Å². The number of rotatable bonds is 4. The zero-order valence-corrected chi connectivity index (χ0v) is 11.3. The van der Waals surface area contributed by atoms with Gasteiger partial charge in [0.25, 0.3) is 0 Å². The molecule has 13 heteroatoms.